The van der Waals surface area contributed by atoms with Crippen molar-refractivity contribution in [3.8, 4) is 5.75 Å². The highest BCUT2D eigenvalue weighted by Crippen LogP contribution is 2.17. The van der Waals surface area contributed by atoms with Crippen molar-refractivity contribution in [2.75, 3.05) is 33.3 Å². The molecule has 0 atom stereocenters. The minimum Gasteiger partial charge on any atom is -0.497 e. The molecule has 1 saturated heterocycles. The molecule has 0 saturated carbocycles. The number of nitrogens with zero attached hydrogens (tertiary/aromatic N) is 2. The van der Waals surface area contributed by atoms with Gasteiger partial charge in [-0.2, -0.15) is 0 Å². The first-order chi connectivity index (χ1) is 12.3. The fourth-order valence-corrected chi connectivity index (χ4v) is 3.47. The highest BCUT2D eigenvalue weighted by Gasteiger charge is 2.17. The van der Waals surface area contributed by atoms with Crippen molar-refractivity contribution < 1.29 is 4.74 Å². The minimum atomic E-state index is 0.795. The molecule has 0 unspecified atom stereocenters. The minimum absolute atomic E-state index is 0.795. The zero-order valence-corrected chi connectivity index (χ0v) is 15.2. The summed E-state index contributed by atoms with van der Waals surface area (Å²) in [7, 11) is 1.71. The lowest BCUT2D eigenvalue weighted by atomic mass is 9.97. The van der Waals surface area contributed by atoms with Gasteiger partial charge in [-0.05, 0) is 61.7 Å². The number of methoxy groups -OCH3 is 1. The van der Waals surface area contributed by atoms with Crippen molar-refractivity contribution in [2.45, 2.75) is 25.8 Å². The molecule has 1 aromatic carbocycles. The molecule has 1 aliphatic rings. The van der Waals surface area contributed by atoms with E-state index in [1.807, 2.05) is 12.3 Å². The van der Waals surface area contributed by atoms with E-state index in [9.17, 15) is 0 Å². The third-order valence-corrected chi connectivity index (χ3v) is 4.95. The largest absolute Gasteiger partial charge is 0.497 e. The Morgan fingerprint density at radius 2 is 1.92 bits per heavy atom. The Labute approximate surface area is 151 Å². The predicted molar refractivity (Wildman–Crippen MR) is 102 cm³/mol. The van der Waals surface area contributed by atoms with Crippen molar-refractivity contribution in [1.82, 2.24) is 15.2 Å². The molecule has 1 aliphatic heterocycles. The van der Waals surface area contributed by atoms with E-state index in [-0.39, 0.29) is 0 Å². The Balaban J connectivity index is 1.61. The molecule has 134 valence electrons. The number of ether oxygens (including phenoxy) is 1. The first-order valence-corrected chi connectivity index (χ1v) is 9.29. The molecule has 3 rings (SSSR count). The summed E-state index contributed by atoms with van der Waals surface area (Å²) in [4.78, 5) is 7.06. The van der Waals surface area contributed by atoms with Gasteiger partial charge >= 0.3 is 0 Å². The molecule has 2 heterocycles. The monoisotopic (exact) mass is 339 g/mol. The van der Waals surface area contributed by atoms with Crippen LogP contribution in [0, 0.1) is 5.92 Å². The summed E-state index contributed by atoms with van der Waals surface area (Å²) in [6.45, 7) is 5.51. The van der Waals surface area contributed by atoms with Gasteiger partial charge in [0, 0.05) is 37.9 Å². The van der Waals surface area contributed by atoms with Gasteiger partial charge in [0.05, 0.1) is 7.11 Å². The van der Waals surface area contributed by atoms with Crippen molar-refractivity contribution >= 4 is 0 Å². The van der Waals surface area contributed by atoms with Crippen LogP contribution in [0.4, 0.5) is 0 Å². The number of benzene rings is 1. The standard InChI is InChI=1S/C21H29N3O/c1-25-21-7-5-18(6-8-21)16-24(17-19-9-13-22-14-10-19)15-11-20-4-2-3-12-23-20/h2-8,12,19,22H,9-11,13-17H2,1H3. The van der Waals surface area contributed by atoms with E-state index >= 15 is 0 Å². The van der Waals surface area contributed by atoms with E-state index in [1.54, 1.807) is 7.11 Å². The average molecular weight is 339 g/mol. The van der Waals surface area contributed by atoms with Crippen LogP contribution >= 0.6 is 0 Å². The number of hydrogen-bond donors (Lipinski definition) is 1. The zero-order chi connectivity index (χ0) is 17.3. The maximum atomic E-state index is 5.27. The highest BCUT2D eigenvalue weighted by atomic mass is 16.5. The van der Waals surface area contributed by atoms with Crippen LogP contribution < -0.4 is 10.1 Å². The first-order valence-electron chi connectivity index (χ1n) is 9.29. The molecule has 0 spiro atoms. The van der Waals surface area contributed by atoms with Crippen molar-refractivity contribution in [3.63, 3.8) is 0 Å². The van der Waals surface area contributed by atoms with Gasteiger partial charge in [0.1, 0.15) is 5.75 Å². The van der Waals surface area contributed by atoms with Crippen LogP contribution in [0.25, 0.3) is 0 Å². The normalized spacial score (nSPS) is 15.4. The topological polar surface area (TPSA) is 37.4 Å². The van der Waals surface area contributed by atoms with Gasteiger partial charge in [0.2, 0.25) is 0 Å². The number of pyridine rings is 1. The maximum absolute atomic E-state index is 5.27. The number of nitrogens with one attached hydrogen (secondary N) is 1. The number of aromatic nitrogens is 1. The molecular formula is C21H29N3O. The van der Waals surface area contributed by atoms with Crippen LogP contribution in [0.2, 0.25) is 0 Å². The maximum Gasteiger partial charge on any atom is 0.118 e. The van der Waals surface area contributed by atoms with Gasteiger partial charge in [-0.1, -0.05) is 18.2 Å². The molecule has 4 nitrogen and oxygen atoms in total. The van der Waals surface area contributed by atoms with E-state index in [1.165, 1.54) is 30.6 Å². The molecule has 0 aliphatic carbocycles. The average Bonchev–Trinajstić information content (AvgIpc) is 2.68. The molecule has 1 N–H and O–H groups in total. The van der Waals surface area contributed by atoms with Crippen molar-refractivity contribution in [3.05, 3.63) is 59.9 Å². The molecule has 0 bridgehead atoms. The summed E-state index contributed by atoms with van der Waals surface area (Å²) in [5, 5.41) is 3.47. The fraction of sp³-hybridized carbons (Fsp3) is 0.476. The summed E-state index contributed by atoms with van der Waals surface area (Å²) >= 11 is 0. The molecule has 2 aromatic rings. The summed E-state index contributed by atoms with van der Waals surface area (Å²) in [5.74, 6) is 1.71. The quantitative estimate of drug-likeness (QED) is 0.802. The van der Waals surface area contributed by atoms with E-state index < -0.39 is 0 Å². The summed E-state index contributed by atoms with van der Waals surface area (Å²) in [6, 6.07) is 14.6. The van der Waals surface area contributed by atoms with Gasteiger partial charge in [-0.3, -0.25) is 9.88 Å². The number of hydrogen-bond acceptors (Lipinski definition) is 4. The second kappa shape index (κ2) is 9.54. The lowest BCUT2D eigenvalue weighted by Crippen LogP contribution is -2.36. The van der Waals surface area contributed by atoms with Gasteiger partial charge < -0.3 is 10.1 Å². The second-order valence-electron chi connectivity index (χ2n) is 6.85. The molecular weight excluding hydrogens is 310 g/mol. The third-order valence-electron chi connectivity index (χ3n) is 4.95. The van der Waals surface area contributed by atoms with Gasteiger partial charge in [0.15, 0.2) is 0 Å². The lowest BCUT2D eigenvalue weighted by Gasteiger charge is -2.30. The molecule has 0 amide bonds. The Morgan fingerprint density at radius 1 is 1.12 bits per heavy atom. The smallest absolute Gasteiger partial charge is 0.118 e. The van der Waals surface area contributed by atoms with Crippen LogP contribution in [0.5, 0.6) is 5.75 Å². The van der Waals surface area contributed by atoms with Gasteiger partial charge in [0.25, 0.3) is 0 Å². The van der Waals surface area contributed by atoms with Crippen LogP contribution in [0.3, 0.4) is 0 Å². The second-order valence-corrected chi connectivity index (χ2v) is 6.85. The van der Waals surface area contributed by atoms with Crippen LogP contribution in [0.15, 0.2) is 48.7 Å². The first kappa shape index (κ1) is 17.9. The highest BCUT2D eigenvalue weighted by molar-refractivity contribution is 5.27. The van der Waals surface area contributed by atoms with Crippen LogP contribution in [-0.4, -0.2) is 43.2 Å². The van der Waals surface area contributed by atoms with E-state index in [0.717, 1.165) is 44.3 Å². The van der Waals surface area contributed by atoms with Crippen LogP contribution in [-0.2, 0) is 13.0 Å². The SMILES string of the molecule is COc1ccc(CN(CCc2ccccn2)CC2CCNCC2)cc1. The Kier molecular flexibility index (Phi) is 6.83. The molecule has 4 heteroatoms. The predicted octanol–water partition coefficient (Wildman–Crippen LogP) is 3.13. The van der Waals surface area contributed by atoms with Crippen molar-refractivity contribution in [1.29, 1.82) is 0 Å². The summed E-state index contributed by atoms with van der Waals surface area (Å²) in [6.07, 6.45) is 5.45. The van der Waals surface area contributed by atoms with E-state index in [2.05, 4.69) is 51.6 Å². The molecule has 1 fully saturated rings. The van der Waals surface area contributed by atoms with E-state index in [4.69, 9.17) is 4.74 Å². The Bertz CT molecular complexity index is 609. The third kappa shape index (κ3) is 5.83. The van der Waals surface area contributed by atoms with Crippen molar-refractivity contribution in [2.24, 2.45) is 5.92 Å². The molecule has 0 radical (unpaired) electrons. The zero-order valence-electron chi connectivity index (χ0n) is 15.2. The van der Waals surface area contributed by atoms with E-state index in [0.29, 0.717) is 0 Å². The Hall–Kier alpha value is -1.91. The lowest BCUT2D eigenvalue weighted by molar-refractivity contribution is 0.200. The van der Waals surface area contributed by atoms with Gasteiger partial charge in [-0.25, -0.2) is 0 Å². The summed E-state index contributed by atoms with van der Waals surface area (Å²) in [5.41, 5.74) is 2.52. The molecule has 25 heavy (non-hydrogen) atoms. The summed E-state index contributed by atoms with van der Waals surface area (Å²) < 4.78 is 5.27. The Morgan fingerprint density at radius 3 is 2.60 bits per heavy atom. The molecule has 1 aromatic heterocycles. The number of piperidine rings is 1. The number of rotatable bonds is 8. The van der Waals surface area contributed by atoms with Crippen LogP contribution in [0.1, 0.15) is 24.1 Å². The van der Waals surface area contributed by atoms with Gasteiger partial charge in [-0.15, -0.1) is 0 Å². The fourth-order valence-electron chi connectivity index (χ4n) is 3.47.